The van der Waals surface area contributed by atoms with E-state index in [4.69, 9.17) is 19.9 Å². The average Bonchev–Trinajstić information content (AvgIpc) is 3.03. The minimum Gasteiger partial charge on any atom is -0.493 e. The van der Waals surface area contributed by atoms with Gasteiger partial charge in [-0.3, -0.25) is 0 Å². The topological polar surface area (TPSA) is 74.0 Å². The lowest BCUT2D eigenvalue weighted by Crippen LogP contribution is -2.55. The fraction of sp³-hybridized carbons (Fsp3) is 0.591. The van der Waals surface area contributed by atoms with Gasteiger partial charge in [-0.2, -0.15) is 0 Å². The van der Waals surface area contributed by atoms with Crippen LogP contribution in [0, 0.1) is 11.8 Å². The van der Waals surface area contributed by atoms with Gasteiger partial charge in [0.25, 0.3) is 0 Å². The van der Waals surface area contributed by atoms with Gasteiger partial charge in [0.1, 0.15) is 5.76 Å². The van der Waals surface area contributed by atoms with Gasteiger partial charge in [-0.25, -0.2) is 4.79 Å². The summed E-state index contributed by atoms with van der Waals surface area (Å²) in [5, 5.41) is 0. The van der Waals surface area contributed by atoms with Crippen molar-refractivity contribution in [1.82, 2.24) is 4.90 Å². The molecule has 0 saturated heterocycles. The van der Waals surface area contributed by atoms with Crippen molar-refractivity contribution in [2.24, 2.45) is 17.6 Å². The molecule has 0 radical (unpaired) electrons. The summed E-state index contributed by atoms with van der Waals surface area (Å²) >= 11 is 0. The van der Waals surface area contributed by atoms with Gasteiger partial charge in [0.15, 0.2) is 17.6 Å². The van der Waals surface area contributed by atoms with Gasteiger partial charge in [-0.1, -0.05) is 12.5 Å². The molecule has 3 aliphatic carbocycles. The van der Waals surface area contributed by atoms with Crippen molar-refractivity contribution in [3.8, 4) is 11.5 Å². The summed E-state index contributed by atoms with van der Waals surface area (Å²) in [7, 11) is 3.39. The van der Waals surface area contributed by atoms with Gasteiger partial charge in [0.05, 0.1) is 7.11 Å². The monoisotopic (exact) mass is 384 g/mol. The molecule has 5 rings (SSSR count). The van der Waals surface area contributed by atoms with E-state index < -0.39 is 0 Å². The van der Waals surface area contributed by atoms with Gasteiger partial charge in [-0.15, -0.1) is 0 Å². The van der Waals surface area contributed by atoms with Crippen molar-refractivity contribution < 1.29 is 19.0 Å². The van der Waals surface area contributed by atoms with Gasteiger partial charge >= 0.3 is 6.09 Å². The first-order chi connectivity index (χ1) is 13.6. The first-order valence-corrected chi connectivity index (χ1v) is 10.3. The van der Waals surface area contributed by atoms with Gasteiger partial charge in [-0.05, 0) is 55.2 Å². The molecular formula is C22H28N2O4. The number of amides is 1. The van der Waals surface area contributed by atoms with Crippen molar-refractivity contribution in [2.45, 2.75) is 43.6 Å². The molecule has 2 unspecified atom stereocenters. The number of hydrogen-bond acceptors (Lipinski definition) is 5. The quantitative estimate of drug-likeness (QED) is 0.864. The SMILES string of the molecule is COc1ccc2c3c1OC1C(OC(=O)N(C)CCN)=CCC4[C@H](CCC[C@]314)C2. The zero-order valence-electron chi connectivity index (χ0n) is 16.6. The molecule has 2 bridgehead atoms. The first-order valence-electron chi connectivity index (χ1n) is 10.3. The van der Waals surface area contributed by atoms with Crippen LogP contribution in [0.1, 0.15) is 36.8 Å². The molecule has 1 heterocycles. The number of likely N-dealkylation sites (N-methyl/N-ethyl adjacent to an activating group) is 1. The Morgan fingerprint density at radius 1 is 1.43 bits per heavy atom. The zero-order valence-corrected chi connectivity index (χ0v) is 16.6. The molecule has 6 nitrogen and oxygen atoms in total. The molecule has 0 aromatic heterocycles. The molecule has 1 amide bonds. The van der Waals surface area contributed by atoms with Crippen LogP contribution in [0.5, 0.6) is 11.5 Å². The van der Waals surface area contributed by atoms with Crippen LogP contribution in [0.4, 0.5) is 4.79 Å². The van der Waals surface area contributed by atoms with Crippen LogP contribution in [-0.4, -0.2) is 44.3 Å². The van der Waals surface area contributed by atoms with Crippen LogP contribution in [0.25, 0.3) is 0 Å². The van der Waals surface area contributed by atoms with E-state index in [2.05, 4.69) is 12.1 Å². The molecule has 1 aliphatic heterocycles. The number of benzene rings is 1. The molecule has 1 saturated carbocycles. The van der Waals surface area contributed by atoms with Gasteiger partial charge in [0.2, 0.25) is 0 Å². The summed E-state index contributed by atoms with van der Waals surface area (Å²) < 4.78 is 18.0. The lowest BCUT2D eigenvalue weighted by Gasteiger charge is -2.53. The number of allylic oxidation sites excluding steroid dienone is 1. The maximum absolute atomic E-state index is 12.5. The van der Waals surface area contributed by atoms with E-state index in [9.17, 15) is 4.79 Å². The van der Waals surface area contributed by atoms with E-state index in [1.807, 2.05) is 6.07 Å². The molecule has 28 heavy (non-hydrogen) atoms. The molecule has 6 heteroatoms. The minimum absolute atomic E-state index is 0.100. The van der Waals surface area contributed by atoms with Crippen LogP contribution in [-0.2, 0) is 16.6 Å². The molecule has 1 fully saturated rings. The number of ether oxygens (including phenoxy) is 3. The molecule has 1 spiro atoms. The van der Waals surface area contributed by atoms with Gasteiger partial charge in [0, 0.05) is 31.1 Å². The Morgan fingerprint density at radius 2 is 2.29 bits per heavy atom. The van der Waals surface area contributed by atoms with Gasteiger partial charge < -0.3 is 24.8 Å². The van der Waals surface area contributed by atoms with Crippen LogP contribution in [0.15, 0.2) is 24.0 Å². The summed E-state index contributed by atoms with van der Waals surface area (Å²) in [6.07, 6.45) is 7.02. The lowest BCUT2D eigenvalue weighted by molar-refractivity contribution is 0.00272. The Bertz CT molecular complexity index is 851. The average molecular weight is 384 g/mol. The second-order valence-corrected chi connectivity index (χ2v) is 8.55. The second-order valence-electron chi connectivity index (χ2n) is 8.55. The van der Waals surface area contributed by atoms with E-state index in [-0.39, 0.29) is 17.6 Å². The Labute approximate surface area is 165 Å². The largest absolute Gasteiger partial charge is 0.493 e. The van der Waals surface area contributed by atoms with Crippen LogP contribution in [0.2, 0.25) is 0 Å². The molecule has 1 aromatic carbocycles. The highest BCUT2D eigenvalue weighted by atomic mass is 16.6. The van der Waals surface area contributed by atoms with E-state index >= 15 is 0 Å². The van der Waals surface area contributed by atoms with Crippen LogP contribution in [0.3, 0.4) is 0 Å². The summed E-state index contributed by atoms with van der Waals surface area (Å²) in [4.78, 5) is 14.1. The van der Waals surface area contributed by atoms with E-state index in [1.165, 1.54) is 28.9 Å². The summed E-state index contributed by atoms with van der Waals surface area (Å²) in [6.45, 7) is 0.871. The molecule has 4 atom stereocenters. The number of hydrogen-bond donors (Lipinski definition) is 1. The predicted molar refractivity (Wildman–Crippen MR) is 104 cm³/mol. The Kier molecular flexibility index (Phi) is 4.09. The van der Waals surface area contributed by atoms with Crippen molar-refractivity contribution in [1.29, 1.82) is 0 Å². The Balaban J connectivity index is 1.57. The highest BCUT2D eigenvalue weighted by Crippen LogP contribution is 2.65. The highest BCUT2D eigenvalue weighted by Gasteiger charge is 2.63. The molecule has 150 valence electrons. The standard InChI is InChI=1S/C22H28N2O4/c1-24(11-10-23)21(25)27-17-8-6-15-13-4-3-9-22(15)18-14(12-13)5-7-16(26-2)19(18)28-20(17)22/h5,7-8,13,15,20H,3-4,6,9-12,23H2,1-2H3/t13-,15?,20?,22+/m1/s1. The third-order valence-electron chi connectivity index (χ3n) is 7.29. The number of carbonyl (C=O) groups excluding carboxylic acids is 1. The molecule has 1 aromatic rings. The zero-order chi connectivity index (χ0) is 19.5. The molecular weight excluding hydrogens is 356 g/mol. The third-order valence-corrected chi connectivity index (χ3v) is 7.29. The fourth-order valence-electron chi connectivity index (χ4n) is 6.17. The maximum atomic E-state index is 12.5. The number of rotatable bonds is 4. The van der Waals surface area contributed by atoms with Crippen molar-refractivity contribution in [3.05, 3.63) is 35.1 Å². The van der Waals surface area contributed by atoms with Crippen molar-refractivity contribution in [2.75, 3.05) is 27.2 Å². The number of methoxy groups -OCH3 is 1. The predicted octanol–water partition coefficient (Wildman–Crippen LogP) is 2.98. The van der Waals surface area contributed by atoms with Crippen molar-refractivity contribution in [3.63, 3.8) is 0 Å². The lowest BCUT2D eigenvalue weighted by atomic mass is 9.49. The highest BCUT2D eigenvalue weighted by molar-refractivity contribution is 5.69. The second kappa shape index (κ2) is 6.41. The smallest absolute Gasteiger partial charge is 0.414 e. The summed E-state index contributed by atoms with van der Waals surface area (Å²) in [5.74, 6) is 3.49. The summed E-state index contributed by atoms with van der Waals surface area (Å²) in [5.41, 5.74) is 8.18. The van der Waals surface area contributed by atoms with Crippen LogP contribution >= 0.6 is 0 Å². The maximum Gasteiger partial charge on any atom is 0.414 e. The minimum atomic E-state index is -0.374. The first kappa shape index (κ1) is 17.9. The fourth-order valence-corrected chi connectivity index (χ4v) is 6.17. The van der Waals surface area contributed by atoms with Crippen molar-refractivity contribution >= 4 is 6.09 Å². The third kappa shape index (κ3) is 2.27. The normalized spacial score (nSPS) is 31.4. The molecule has 2 N–H and O–H groups in total. The van der Waals surface area contributed by atoms with E-state index in [1.54, 1.807) is 14.2 Å². The number of carbonyl (C=O) groups is 1. The molecule has 4 aliphatic rings. The Morgan fingerprint density at radius 3 is 3.07 bits per heavy atom. The number of nitrogens with two attached hydrogens (primary N) is 1. The number of nitrogens with zero attached hydrogens (tertiary/aromatic N) is 1. The van der Waals surface area contributed by atoms with E-state index in [0.29, 0.717) is 30.7 Å². The summed E-state index contributed by atoms with van der Waals surface area (Å²) in [6, 6.07) is 4.22. The van der Waals surface area contributed by atoms with E-state index in [0.717, 1.165) is 30.8 Å². The van der Waals surface area contributed by atoms with Crippen LogP contribution < -0.4 is 15.2 Å². The Hall–Kier alpha value is -2.21.